The highest BCUT2D eigenvalue weighted by Gasteiger charge is 2.23. The Labute approximate surface area is 92.8 Å². The van der Waals surface area contributed by atoms with E-state index in [4.69, 9.17) is 10.00 Å². The lowest BCUT2D eigenvalue weighted by atomic mass is 9.90. The van der Waals surface area contributed by atoms with Crippen molar-refractivity contribution in [2.75, 3.05) is 13.7 Å². The Morgan fingerprint density at radius 2 is 1.93 bits per heavy atom. The van der Waals surface area contributed by atoms with Crippen LogP contribution in [0.3, 0.4) is 0 Å². The number of nitrogens with one attached hydrogen (secondary N) is 1. The summed E-state index contributed by atoms with van der Waals surface area (Å²) in [6, 6.07) is 2.89. The molecule has 0 bridgehead atoms. The topological polar surface area (TPSA) is 45.0 Å². The lowest BCUT2D eigenvalue weighted by Crippen LogP contribution is -2.39. The van der Waals surface area contributed by atoms with Gasteiger partial charge in [-0.05, 0) is 39.5 Å². The first-order valence-electron chi connectivity index (χ1n) is 5.75. The number of nitrogens with zero attached hydrogens (tertiary/aromatic N) is 1. The maximum atomic E-state index is 8.89. The van der Waals surface area contributed by atoms with Gasteiger partial charge in [0.2, 0.25) is 0 Å². The average molecular weight is 210 g/mol. The van der Waals surface area contributed by atoms with Gasteiger partial charge in [0.1, 0.15) is 0 Å². The van der Waals surface area contributed by atoms with Gasteiger partial charge in [0.15, 0.2) is 0 Å². The molecule has 1 fully saturated rings. The maximum absolute atomic E-state index is 8.89. The van der Waals surface area contributed by atoms with Gasteiger partial charge >= 0.3 is 0 Å². The fourth-order valence-corrected chi connectivity index (χ4v) is 1.94. The van der Waals surface area contributed by atoms with Gasteiger partial charge in [0, 0.05) is 19.7 Å². The molecule has 0 aromatic carbocycles. The Kier molecular flexibility index (Phi) is 4.56. The monoisotopic (exact) mass is 210 g/mol. The molecule has 0 radical (unpaired) electrons. The molecule has 0 amide bonds. The van der Waals surface area contributed by atoms with E-state index in [1.165, 1.54) is 12.8 Å². The first-order chi connectivity index (χ1) is 7.07. The summed E-state index contributed by atoms with van der Waals surface area (Å²) in [4.78, 5) is 0. The van der Waals surface area contributed by atoms with Crippen LogP contribution in [-0.2, 0) is 4.74 Å². The van der Waals surface area contributed by atoms with Crippen LogP contribution in [0.15, 0.2) is 0 Å². The van der Waals surface area contributed by atoms with E-state index in [0.29, 0.717) is 12.1 Å². The Hall–Kier alpha value is -0.590. The van der Waals surface area contributed by atoms with Gasteiger partial charge in [0.25, 0.3) is 0 Å². The van der Waals surface area contributed by atoms with E-state index >= 15 is 0 Å². The van der Waals surface area contributed by atoms with Gasteiger partial charge in [-0.3, -0.25) is 0 Å². The lowest BCUT2D eigenvalue weighted by Gasteiger charge is -2.30. The van der Waals surface area contributed by atoms with Crippen LogP contribution in [0.1, 0.15) is 39.5 Å². The SMILES string of the molecule is COC1CCC(NCC(C)(C)C#N)CC1. The van der Waals surface area contributed by atoms with Gasteiger partial charge in [-0.15, -0.1) is 0 Å². The summed E-state index contributed by atoms with van der Waals surface area (Å²) in [6.45, 7) is 4.73. The lowest BCUT2D eigenvalue weighted by molar-refractivity contribution is 0.0618. The van der Waals surface area contributed by atoms with Crippen molar-refractivity contribution in [3.05, 3.63) is 0 Å². The molecule has 0 saturated heterocycles. The Balaban J connectivity index is 2.22. The molecule has 1 aliphatic rings. The second-order valence-electron chi connectivity index (χ2n) is 5.09. The molecule has 15 heavy (non-hydrogen) atoms. The third-order valence-corrected chi connectivity index (χ3v) is 3.14. The van der Waals surface area contributed by atoms with Crippen LogP contribution in [0.5, 0.6) is 0 Å². The predicted octanol–water partition coefficient (Wildman–Crippen LogP) is 2.08. The van der Waals surface area contributed by atoms with E-state index in [2.05, 4.69) is 11.4 Å². The zero-order valence-electron chi connectivity index (χ0n) is 10.0. The fraction of sp³-hybridized carbons (Fsp3) is 0.917. The molecule has 0 unspecified atom stereocenters. The van der Waals surface area contributed by atoms with E-state index < -0.39 is 0 Å². The molecule has 3 heteroatoms. The van der Waals surface area contributed by atoms with E-state index in [1.807, 2.05) is 13.8 Å². The quantitative estimate of drug-likeness (QED) is 0.772. The smallest absolute Gasteiger partial charge is 0.0697 e. The summed E-state index contributed by atoms with van der Waals surface area (Å²) < 4.78 is 5.33. The minimum absolute atomic E-state index is 0.252. The zero-order chi connectivity index (χ0) is 11.3. The highest BCUT2D eigenvalue weighted by molar-refractivity contribution is 4.94. The average Bonchev–Trinajstić information content (AvgIpc) is 2.27. The van der Waals surface area contributed by atoms with Gasteiger partial charge in [-0.2, -0.15) is 5.26 Å². The second kappa shape index (κ2) is 5.48. The summed E-state index contributed by atoms with van der Waals surface area (Å²) >= 11 is 0. The van der Waals surface area contributed by atoms with E-state index in [0.717, 1.165) is 19.4 Å². The van der Waals surface area contributed by atoms with E-state index in [9.17, 15) is 0 Å². The van der Waals surface area contributed by atoms with Gasteiger partial charge in [0.05, 0.1) is 17.6 Å². The van der Waals surface area contributed by atoms with Crippen molar-refractivity contribution in [2.45, 2.75) is 51.7 Å². The minimum Gasteiger partial charge on any atom is -0.381 e. The van der Waals surface area contributed by atoms with Crippen LogP contribution in [0, 0.1) is 16.7 Å². The number of ether oxygens (including phenoxy) is 1. The second-order valence-corrected chi connectivity index (χ2v) is 5.09. The van der Waals surface area contributed by atoms with Gasteiger partial charge in [-0.1, -0.05) is 0 Å². The number of hydrogen-bond donors (Lipinski definition) is 1. The largest absolute Gasteiger partial charge is 0.381 e. The molecule has 86 valence electrons. The van der Waals surface area contributed by atoms with Crippen molar-refractivity contribution >= 4 is 0 Å². The van der Waals surface area contributed by atoms with E-state index in [1.54, 1.807) is 7.11 Å². The standard InChI is InChI=1S/C12H22N2O/c1-12(2,8-13)9-14-10-4-6-11(15-3)7-5-10/h10-11,14H,4-7,9H2,1-3H3. The number of hydrogen-bond acceptors (Lipinski definition) is 3. The van der Waals surface area contributed by atoms with E-state index in [-0.39, 0.29) is 5.41 Å². The molecular formula is C12H22N2O. The van der Waals surface area contributed by atoms with Crippen molar-refractivity contribution in [1.29, 1.82) is 5.26 Å². The highest BCUT2D eigenvalue weighted by atomic mass is 16.5. The fourth-order valence-electron chi connectivity index (χ4n) is 1.94. The molecule has 1 N–H and O–H groups in total. The van der Waals surface area contributed by atoms with Crippen molar-refractivity contribution in [2.24, 2.45) is 5.41 Å². The molecule has 3 nitrogen and oxygen atoms in total. The Morgan fingerprint density at radius 1 is 1.33 bits per heavy atom. The zero-order valence-corrected chi connectivity index (χ0v) is 10.0. The highest BCUT2D eigenvalue weighted by Crippen LogP contribution is 2.21. The molecule has 0 heterocycles. The number of rotatable bonds is 4. The minimum atomic E-state index is -0.252. The number of nitriles is 1. The third-order valence-electron chi connectivity index (χ3n) is 3.14. The van der Waals surface area contributed by atoms with Crippen LogP contribution in [0.25, 0.3) is 0 Å². The molecule has 0 spiro atoms. The number of methoxy groups -OCH3 is 1. The third kappa shape index (κ3) is 4.19. The van der Waals surface area contributed by atoms with Crippen LogP contribution < -0.4 is 5.32 Å². The van der Waals surface area contributed by atoms with Crippen molar-refractivity contribution in [1.82, 2.24) is 5.32 Å². The summed E-state index contributed by atoms with van der Waals surface area (Å²) in [5, 5.41) is 12.4. The van der Waals surface area contributed by atoms with Crippen molar-refractivity contribution in [3.63, 3.8) is 0 Å². The summed E-state index contributed by atoms with van der Waals surface area (Å²) in [6.07, 6.45) is 5.06. The van der Waals surface area contributed by atoms with Crippen LogP contribution in [0.4, 0.5) is 0 Å². The van der Waals surface area contributed by atoms with Gasteiger partial charge < -0.3 is 10.1 Å². The summed E-state index contributed by atoms with van der Waals surface area (Å²) in [5.74, 6) is 0. The Bertz CT molecular complexity index is 224. The molecule has 1 rings (SSSR count). The van der Waals surface area contributed by atoms with Crippen LogP contribution >= 0.6 is 0 Å². The maximum Gasteiger partial charge on any atom is 0.0697 e. The van der Waals surface area contributed by atoms with Crippen LogP contribution in [0.2, 0.25) is 0 Å². The summed E-state index contributed by atoms with van der Waals surface area (Å²) in [7, 11) is 1.79. The molecule has 0 aromatic heterocycles. The first kappa shape index (κ1) is 12.5. The first-order valence-corrected chi connectivity index (χ1v) is 5.75. The molecule has 0 aliphatic heterocycles. The molecule has 1 saturated carbocycles. The molecule has 0 aromatic rings. The van der Waals surface area contributed by atoms with Crippen molar-refractivity contribution < 1.29 is 4.74 Å². The normalized spacial score (nSPS) is 27.3. The molecule has 1 aliphatic carbocycles. The molecule has 0 atom stereocenters. The van der Waals surface area contributed by atoms with Crippen molar-refractivity contribution in [3.8, 4) is 6.07 Å². The molecular weight excluding hydrogens is 188 g/mol. The Morgan fingerprint density at radius 3 is 2.40 bits per heavy atom. The predicted molar refractivity (Wildman–Crippen MR) is 60.4 cm³/mol. The van der Waals surface area contributed by atoms with Gasteiger partial charge in [-0.25, -0.2) is 0 Å². The summed E-state index contributed by atoms with van der Waals surface area (Å²) in [5.41, 5.74) is -0.252. The van der Waals surface area contributed by atoms with Crippen LogP contribution in [-0.4, -0.2) is 25.8 Å².